The zero-order valence-electron chi connectivity index (χ0n) is 13.2. The van der Waals surface area contributed by atoms with E-state index in [1.54, 1.807) is 4.68 Å². The third-order valence-corrected chi connectivity index (χ3v) is 3.10. The smallest absolute Gasteiger partial charge is 0.328 e. The number of hydrogen-bond donors (Lipinski definition) is 2. The van der Waals surface area contributed by atoms with Crippen molar-refractivity contribution in [3.8, 4) is 0 Å². The van der Waals surface area contributed by atoms with Crippen molar-refractivity contribution in [2.75, 3.05) is 13.2 Å². The summed E-state index contributed by atoms with van der Waals surface area (Å²) in [5.74, 6) is -1.48. The number of aliphatic carboxylic acids is 1. The van der Waals surface area contributed by atoms with E-state index in [0.29, 0.717) is 0 Å². The van der Waals surface area contributed by atoms with Gasteiger partial charge >= 0.3 is 5.97 Å². The number of hydrogen-bond acceptors (Lipinski definition) is 4. The van der Waals surface area contributed by atoms with Gasteiger partial charge < -0.3 is 15.2 Å². The number of carboxylic acid groups (broad SMARTS) is 1. The molecule has 1 aromatic heterocycles. The molecule has 0 saturated heterocycles. The number of ether oxygens (including phenoxy) is 1. The number of rotatable bonds is 9. The number of carbonyl (C=O) groups is 2. The topological polar surface area (TPSA) is 93.5 Å². The molecule has 1 amide bonds. The second kappa shape index (κ2) is 8.33. The minimum Gasteiger partial charge on any atom is -0.480 e. The van der Waals surface area contributed by atoms with Gasteiger partial charge in [0, 0.05) is 12.1 Å². The number of nitrogens with one attached hydrogen (secondary N) is 1. The highest BCUT2D eigenvalue weighted by atomic mass is 16.5. The van der Waals surface area contributed by atoms with Crippen molar-refractivity contribution >= 4 is 11.9 Å². The number of aryl methyl sites for hydroxylation is 2. The molecule has 0 aliphatic heterocycles. The van der Waals surface area contributed by atoms with E-state index >= 15 is 0 Å². The van der Waals surface area contributed by atoms with Crippen LogP contribution in [0.3, 0.4) is 0 Å². The van der Waals surface area contributed by atoms with E-state index in [2.05, 4.69) is 17.0 Å². The second-order valence-electron chi connectivity index (χ2n) is 5.21. The minimum absolute atomic E-state index is 0.0959. The molecule has 0 aromatic carbocycles. The summed E-state index contributed by atoms with van der Waals surface area (Å²) in [6, 6.07) is 0.703. The molecule has 0 aliphatic rings. The van der Waals surface area contributed by atoms with Crippen LogP contribution in [0.5, 0.6) is 0 Å². The Morgan fingerprint density at radius 3 is 2.73 bits per heavy atom. The van der Waals surface area contributed by atoms with Crippen LogP contribution >= 0.6 is 0 Å². The van der Waals surface area contributed by atoms with Crippen LogP contribution in [-0.4, -0.2) is 46.0 Å². The molecule has 7 nitrogen and oxygen atoms in total. The van der Waals surface area contributed by atoms with Crippen molar-refractivity contribution in [3.05, 3.63) is 30.1 Å². The maximum atomic E-state index is 12.0. The first kappa shape index (κ1) is 17.9. The van der Waals surface area contributed by atoms with Gasteiger partial charge in [-0.3, -0.25) is 9.48 Å². The second-order valence-corrected chi connectivity index (χ2v) is 5.21. The summed E-state index contributed by atoms with van der Waals surface area (Å²) in [7, 11) is 0. The van der Waals surface area contributed by atoms with Crippen LogP contribution in [-0.2, 0) is 14.3 Å². The third kappa shape index (κ3) is 5.33. The molecule has 1 heterocycles. The molecular formula is C15H23N3O4. The quantitative estimate of drug-likeness (QED) is 0.528. The lowest BCUT2D eigenvalue weighted by molar-refractivity contribution is -0.143. The van der Waals surface area contributed by atoms with E-state index in [0.717, 1.165) is 11.4 Å². The first-order valence-corrected chi connectivity index (χ1v) is 7.08. The van der Waals surface area contributed by atoms with E-state index in [4.69, 9.17) is 9.84 Å². The van der Waals surface area contributed by atoms with Crippen LogP contribution in [0.1, 0.15) is 30.8 Å². The van der Waals surface area contributed by atoms with Crippen LogP contribution in [0.4, 0.5) is 0 Å². The van der Waals surface area contributed by atoms with Gasteiger partial charge in [-0.2, -0.15) is 5.10 Å². The van der Waals surface area contributed by atoms with Crippen molar-refractivity contribution in [2.45, 2.75) is 39.3 Å². The molecule has 2 N–H and O–H groups in total. The number of aromatic nitrogens is 2. The molecule has 0 aliphatic carbocycles. The van der Waals surface area contributed by atoms with Gasteiger partial charge in [-0.05, 0) is 26.8 Å². The van der Waals surface area contributed by atoms with Gasteiger partial charge in [0.15, 0.2) is 6.04 Å². The molecule has 0 fully saturated rings. The Morgan fingerprint density at radius 1 is 1.55 bits per heavy atom. The van der Waals surface area contributed by atoms with Crippen molar-refractivity contribution in [3.63, 3.8) is 0 Å². The highest BCUT2D eigenvalue weighted by molar-refractivity contribution is 5.83. The number of carbonyl (C=O) groups excluding carboxylic acids is 1. The lowest BCUT2D eigenvalue weighted by atomic mass is 10.2. The van der Waals surface area contributed by atoms with E-state index < -0.39 is 12.0 Å². The van der Waals surface area contributed by atoms with Gasteiger partial charge in [0.05, 0.1) is 24.9 Å². The standard InChI is InChI=1S/C15H23N3O4/c1-5-6-22-9-13(15(20)21)16-14(19)8-12(4)18-11(3)7-10(2)17-18/h5,7,12-13H,1,6,8-9H2,2-4H3,(H,16,19)(H,20,21). The first-order valence-electron chi connectivity index (χ1n) is 7.08. The molecule has 122 valence electrons. The highest BCUT2D eigenvalue weighted by Gasteiger charge is 2.22. The van der Waals surface area contributed by atoms with Crippen LogP contribution in [0.15, 0.2) is 18.7 Å². The van der Waals surface area contributed by atoms with E-state index in [9.17, 15) is 9.59 Å². The highest BCUT2D eigenvalue weighted by Crippen LogP contribution is 2.14. The fourth-order valence-corrected chi connectivity index (χ4v) is 2.14. The van der Waals surface area contributed by atoms with E-state index in [1.165, 1.54) is 6.08 Å². The van der Waals surface area contributed by atoms with Gasteiger partial charge in [0.1, 0.15) is 0 Å². The average molecular weight is 309 g/mol. The Bertz CT molecular complexity index is 539. The number of nitrogens with zero attached hydrogens (tertiary/aromatic N) is 2. The summed E-state index contributed by atoms with van der Waals surface area (Å²) in [4.78, 5) is 23.1. The monoisotopic (exact) mass is 309 g/mol. The summed E-state index contributed by atoms with van der Waals surface area (Å²) < 4.78 is 6.85. The van der Waals surface area contributed by atoms with Crippen LogP contribution in [0.25, 0.3) is 0 Å². The maximum absolute atomic E-state index is 12.0. The Morgan fingerprint density at radius 2 is 2.23 bits per heavy atom. The predicted molar refractivity (Wildman–Crippen MR) is 81.6 cm³/mol. The molecule has 2 atom stereocenters. The summed E-state index contributed by atoms with van der Waals surface area (Å²) >= 11 is 0. The molecule has 0 spiro atoms. The summed E-state index contributed by atoms with van der Waals surface area (Å²) in [6.45, 7) is 9.28. The first-order chi connectivity index (χ1) is 10.3. The Labute approximate surface area is 130 Å². The normalized spacial score (nSPS) is 13.4. The Kier molecular flexibility index (Phi) is 6.78. The zero-order valence-corrected chi connectivity index (χ0v) is 13.2. The lowest BCUT2D eigenvalue weighted by Gasteiger charge is -2.17. The van der Waals surface area contributed by atoms with Crippen LogP contribution < -0.4 is 5.32 Å². The molecular weight excluding hydrogens is 286 g/mol. The van der Waals surface area contributed by atoms with Gasteiger partial charge in [-0.1, -0.05) is 6.08 Å². The van der Waals surface area contributed by atoms with Gasteiger partial charge in [-0.25, -0.2) is 4.79 Å². The Balaban J connectivity index is 2.57. The van der Waals surface area contributed by atoms with Gasteiger partial charge in [-0.15, -0.1) is 6.58 Å². The van der Waals surface area contributed by atoms with Crippen molar-refractivity contribution in [1.82, 2.24) is 15.1 Å². The van der Waals surface area contributed by atoms with E-state index in [-0.39, 0.29) is 31.6 Å². The van der Waals surface area contributed by atoms with Crippen molar-refractivity contribution in [1.29, 1.82) is 0 Å². The zero-order chi connectivity index (χ0) is 16.7. The fourth-order valence-electron chi connectivity index (χ4n) is 2.14. The molecule has 22 heavy (non-hydrogen) atoms. The lowest BCUT2D eigenvalue weighted by Crippen LogP contribution is -2.44. The molecule has 1 aromatic rings. The number of carboxylic acids is 1. The molecule has 0 bridgehead atoms. The summed E-state index contributed by atoms with van der Waals surface area (Å²) in [5.41, 5.74) is 1.84. The fraction of sp³-hybridized carbons (Fsp3) is 0.533. The van der Waals surface area contributed by atoms with Gasteiger partial charge in [0.25, 0.3) is 0 Å². The largest absolute Gasteiger partial charge is 0.480 e. The minimum atomic E-state index is -1.13. The Hall–Kier alpha value is -2.15. The van der Waals surface area contributed by atoms with Crippen molar-refractivity contribution in [2.24, 2.45) is 0 Å². The summed E-state index contributed by atoms with van der Waals surface area (Å²) in [6.07, 6.45) is 1.67. The third-order valence-electron chi connectivity index (χ3n) is 3.10. The molecule has 7 heteroatoms. The van der Waals surface area contributed by atoms with Crippen LogP contribution in [0, 0.1) is 13.8 Å². The van der Waals surface area contributed by atoms with Crippen molar-refractivity contribution < 1.29 is 19.4 Å². The number of amides is 1. The maximum Gasteiger partial charge on any atom is 0.328 e. The SMILES string of the molecule is C=CCOCC(NC(=O)CC(C)n1nc(C)cc1C)C(=O)O. The van der Waals surface area contributed by atoms with Gasteiger partial charge in [0.2, 0.25) is 5.91 Å². The summed E-state index contributed by atoms with van der Waals surface area (Å²) in [5, 5.41) is 15.9. The van der Waals surface area contributed by atoms with Crippen LogP contribution in [0.2, 0.25) is 0 Å². The molecule has 1 rings (SSSR count). The molecule has 0 saturated carbocycles. The average Bonchev–Trinajstić information content (AvgIpc) is 2.76. The van der Waals surface area contributed by atoms with E-state index in [1.807, 2.05) is 26.8 Å². The molecule has 2 unspecified atom stereocenters. The predicted octanol–water partition coefficient (Wildman–Crippen LogP) is 1.22. The molecule has 0 radical (unpaired) electrons.